The van der Waals surface area contributed by atoms with Crippen LogP contribution in [-0.2, 0) is 4.79 Å². The summed E-state index contributed by atoms with van der Waals surface area (Å²) in [6.45, 7) is 11.9. The number of allylic oxidation sites excluding steroid dienone is 2. The molecule has 4 aliphatic rings. The van der Waals surface area contributed by atoms with Crippen LogP contribution in [0.15, 0.2) is 11.6 Å². The molecule has 0 saturated heterocycles. The second-order valence-corrected chi connectivity index (χ2v) is 11.9. The van der Waals surface area contributed by atoms with E-state index in [0.29, 0.717) is 29.0 Å². The van der Waals surface area contributed by atoms with Crippen molar-refractivity contribution in [3.8, 4) is 0 Å². The Morgan fingerprint density at radius 1 is 1.04 bits per heavy atom. The van der Waals surface area contributed by atoms with Crippen LogP contribution in [0.3, 0.4) is 0 Å². The van der Waals surface area contributed by atoms with Gasteiger partial charge in [0.05, 0.1) is 0 Å². The average Bonchev–Trinajstić information content (AvgIpc) is 2.91. The maximum atomic E-state index is 13.3. The van der Waals surface area contributed by atoms with Crippen molar-refractivity contribution in [2.45, 2.75) is 105 Å². The molecule has 28 heavy (non-hydrogen) atoms. The van der Waals surface area contributed by atoms with E-state index in [4.69, 9.17) is 0 Å². The van der Waals surface area contributed by atoms with Crippen molar-refractivity contribution in [3.05, 3.63) is 11.6 Å². The van der Waals surface area contributed by atoms with Crippen LogP contribution in [0.4, 0.5) is 0 Å². The maximum absolute atomic E-state index is 13.3. The summed E-state index contributed by atoms with van der Waals surface area (Å²) in [4.78, 5) is 13.3. The van der Waals surface area contributed by atoms with E-state index in [2.05, 4.69) is 40.7 Å². The second-order valence-electron chi connectivity index (χ2n) is 11.9. The number of rotatable bonds is 4. The molecule has 8 atom stereocenters. The van der Waals surface area contributed by atoms with E-state index in [1.54, 1.807) is 0 Å². The van der Waals surface area contributed by atoms with E-state index < -0.39 is 0 Å². The number of carbonyl (C=O) groups is 1. The van der Waals surface area contributed by atoms with Crippen LogP contribution in [-0.4, -0.2) is 5.78 Å². The van der Waals surface area contributed by atoms with E-state index in [9.17, 15) is 4.79 Å². The highest BCUT2D eigenvalue weighted by Crippen LogP contribution is 2.67. The lowest BCUT2D eigenvalue weighted by atomic mass is 9.44. The van der Waals surface area contributed by atoms with Crippen molar-refractivity contribution >= 4 is 5.78 Å². The molecule has 0 bridgehead atoms. The van der Waals surface area contributed by atoms with Crippen molar-refractivity contribution in [2.24, 2.45) is 46.3 Å². The van der Waals surface area contributed by atoms with E-state index in [-0.39, 0.29) is 5.41 Å². The zero-order valence-corrected chi connectivity index (χ0v) is 19.2. The van der Waals surface area contributed by atoms with Crippen LogP contribution in [0.2, 0.25) is 0 Å². The summed E-state index contributed by atoms with van der Waals surface area (Å²) in [6.07, 6.45) is 17.0. The molecule has 0 aromatic rings. The minimum absolute atomic E-state index is 0.278. The molecule has 0 aromatic heterocycles. The molecule has 1 heteroatoms. The molecule has 0 aromatic carbocycles. The van der Waals surface area contributed by atoms with E-state index >= 15 is 0 Å². The Bertz CT molecular complexity index is 628. The van der Waals surface area contributed by atoms with Crippen molar-refractivity contribution in [1.82, 2.24) is 0 Å². The van der Waals surface area contributed by atoms with Gasteiger partial charge in [-0.15, -0.1) is 0 Å². The smallest absolute Gasteiger partial charge is 0.137 e. The molecule has 0 unspecified atom stereocenters. The Hall–Kier alpha value is -0.590. The molecule has 4 saturated carbocycles. The Morgan fingerprint density at radius 3 is 2.57 bits per heavy atom. The molecule has 4 rings (SSSR count). The van der Waals surface area contributed by atoms with Crippen molar-refractivity contribution < 1.29 is 4.79 Å². The normalized spacial score (nSPS) is 46.3. The standard InChI is InChI=1S/C27H44O/c1-18(2)9-8-10-19(3)25-24(28)17-23-21-13-12-20-11-6-7-15-26(20,4)22(21)14-16-27(23,25)5/h9,19-23,25H,6-8,10-17H2,1-5H3/t19-,20-,21-,22+,23+,25+,26+,27+/m1/s1. The van der Waals surface area contributed by atoms with Gasteiger partial charge in [-0.1, -0.05) is 45.3 Å². The first-order chi connectivity index (χ1) is 13.3. The molecule has 158 valence electrons. The Kier molecular flexibility index (Phi) is 5.60. The van der Waals surface area contributed by atoms with Crippen molar-refractivity contribution in [3.63, 3.8) is 0 Å². The molecular formula is C27H44O. The van der Waals surface area contributed by atoms with Gasteiger partial charge in [0.2, 0.25) is 0 Å². The van der Waals surface area contributed by atoms with Gasteiger partial charge in [0, 0.05) is 12.3 Å². The third-order valence-electron chi connectivity index (χ3n) is 10.2. The number of fused-ring (bicyclic) bond motifs is 5. The summed E-state index contributed by atoms with van der Waals surface area (Å²) in [5, 5.41) is 0. The highest BCUT2D eigenvalue weighted by Gasteiger charge is 2.62. The molecule has 0 radical (unpaired) electrons. The van der Waals surface area contributed by atoms with Gasteiger partial charge in [0.15, 0.2) is 0 Å². The largest absolute Gasteiger partial charge is 0.299 e. The number of Topliss-reactive ketones (excluding diaryl/α,β-unsaturated/α-hetero) is 1. The molecule has 4 fully saturated rings. The molecule has 0 spiro atoms. The first-order valence-corrected chi connectivity index (χ1v) is 12.4. The third-order valence-corrected chi connectivity index (χ3v) is 10.2. The van der Waals surface area contributed by atoms with E-state index in [1.807, 2.05) is 0 Å². The van der Waals surface area contributed by atoms with Gasteiger partial charge in [-0.05, 0) is 106 Å². The summed E-state index contributed by atoms with van der Waals surface area (Å²) in [6, 6.07) is 0. The van der Waals surface area contributed by atoms with Crippen LogP contribution in [0.1, 0.15) is 105 Å². The lowest BCUT2D eigenvalue weighted by Gasteiger charge is -2.60. The van der Waals surface area contributed by atoms with Gasteiger partial charge >= 0.3 is 0 Å². The predicted molar refractivity (Wildman–Crippen MR) is 118 cm³/mol. The summed E-state index contributed by atoms with van der Waals surface area (Å²) in [5.41, 5.74) is 2.27. The van der Waals surface area contributed by atoms with Gasteiger partial charge in [0.25, 0.3) is 0 Å². The quantitative estimate of drug-likeness (QED) is 0.456. The molecule has 0 N–H and O–H groups in total. The molecular weight excluding hydrogens is 340 g/mol. The molecule has 1 nitrogen and oxygen atoms in total. The van der Waals surface area contributed by atoms with Gasteiger partial charge < -0.3 is 0 Å². The van der Waals surface area contributed by atoms with Crippen molar-refractivity contribution in [2.75, 3.05) is 0 Å². The van der Waals surface area contributed by atoms with E-state index in [1.165, 1.54) is 63.4 Å². The van der Waals surface area contributed by atoms with Crippen LogP contribution in [0, 0.1) is 46.3 Å². The number of hydrogen-bond donors (Lipinski definition) is 0. The van der Waals surface area contributed by atoms with Gasteiger partial charge in [-0.2, -0.15) is 0 Å². The Balaban J connectivity index is 1.54. The average molecular weight is 385 g/mol. The summed E-state index contributed by atoms with van der Waals surface area (Å²) >= 11 is 0. The number of carbonyl (C=O) groups excluding carboxylic acids is 1. The summed E-state index contributed by atoms with van der Waals surface area (Å²) in [7, 11) is 0. The van der Waals surface area contributed by atoms with Crippen LogP contribution < -0.4 is 0 Å². The van der Waals surface area contributed by atoms with Gasteiger partial charge in [-0.3, -0.25) is 4.79 Å². The SMILES string of the molecule is CC(C)=CCC[C@@H](C)[C@H]1C(=O)C[C@H]2[C@@H]3CC[C@H]4CCCC[C@]4(C)[C@H]3CC[C@]12C. The lowest BCUT2D eigenvalue weighted by molar-refractivity contribution is -0.126. The fourth-order valence-corrected chi connectivity index (χ4v) is 8.89. The van der Waals surface area contributed by atoms with Crippen LogP contribution in [0.25, 0.3) is 0 Å². The number of hydrogen-bond acceptors (Lipinski definition) is 1. The monoisotopic (exact) mass is 384 g/mol. The maximum Gasteiger partial charge on any atom is 0.137 e. The minimum atomic E-state index is 0.278. The summed E-state index contributed by atoms with van der Waals surface area (Å²) in [5.74, 6) is 4.86. The summed E-state index contributed by atoms with van der Waals surface area (Å²) < 4.78 is 0. The molecule has 4 aliphatic carbocycles. The van der Waals surface area contributed by atoms with Crippen LogP contribution in [0.5, 0.6) is 0 Å². The van der Waals surface area contributed by atoms with Crippen LogP contribution >= 0.6 is 0 Å². The minimum Gasteiger partial charge on any atom is -0.299 e. The lowest BCUT2D eigenvalue weighted by Crippen LogP contribution is -2.53. The van der Waals surface area contributed by atoms with Crippen molar-refractivity contribution in [1.29, 1.82) is 0 Å². The third kappa shape index (κ3) is 3.24. The molecule has 0 amide bonds. The molecule has 0 heterocycles. The Morgan fingerprint density at radius 2 is 1.82 bits per heavy atom. The Labute approximate surface area is 174 Å². The predicted octanol–water partition coefficient (Wildman–Crippen LogP) is 7.60. The highest BCUT2D eigenvalue weighted by atomic mass is 16.1. The van der Waals surface area contributed by atoms with E-state index in [0.717, 1.165) is 30.6 Å². The zero-order valence-electron chi connectivity index (χ0n) is 19.2. The molecule has 0 aliphatic heterocycles. The first-order valence-electron chi connectivity index (χ1n) is 12.4. The fourth-order valence-electron chi connectivity index (χ4n) is 8.89. The number of ketones is 1. The first kappa shape index (κ1) is 20.7. The highest BCUT2D eigenvalue weighted by molar-refractivity contribution is 5.85. The zero-order chi connectivity index (χ0) is 20.1. The topological polar surface area (TPSA) is 17.1 Å². The van der Waals surface area contributed by atoms with Gasteiger partial charge in [-0.25, -0.2) is 0 Å². The fraction of sp³-hybridized carbons (Fsp3) is 0.889. The van der Waals surface area contributed by atoms with Gasteiger partial charge in [0.1, 0.15) is 5.78 Å². The second kappa shape index (κ2) is 7.59.